The second-order valence-corrected chi connectivity index (χ2v) is 6.31. The minimum Gasteiger partial charge on any atom is -0.496 e. The fraction of sp³-hybridized carbons (Fsp3) is 0.500. The summed E-state index contributed by atoms with van der Waals surface area (Å²) in [5.74, 6) is 2.88. The van der Waals surface area contributed by atoms with Crippen LogP contribution in [0.5, 0.6) is 5.75 Å². The summed E-state index contributed by atoms with van der Waals surface area (Å²) in [5, 5.41) is 10.8. The summed E-state index contributed by atoms with van der Waals surface area (Å²) < 4.78 is 10.8. The van der Waals surface area contributed by atoms with Gasteiger partial charge < -0.3 is 19.9 Å². The Balaban J connectivity index is 0.00000364. The summed E-state index contributed by atoms with van der Waals surface area (Å²) in [5.41, 5.74) is 3.28. The van der Waals surface area contributed by atoms with Crippen LogP contribution >= 0.6 is 24.0 Å². The van der Waals surface area contributed by atoms with Crippen molar-refractivity contribution in [2.45, 2.75) is 52.6 Å². The quantitative estimate of drug-likeness (QED) is 0.329. The highest BCUT2D eigenvalue weighted by Gasteiger charge is 2.13. The molecule has 0 aliphatic carbocycles. The van der Waals surface area contributed by atoms with Crippen molar-refractivity contribution in [2.75, 3.05) is 14.2 Å². The topological polar surface area (TPSA) is 71.7 Å². The molecule has 0 aliphatic rings. The van der Waals surface area contributed by atoms with Gasteiger partial charge in [0.1, 0.15) is 5.75 Å². The Bertz CT molecular complexity index is 727. The number of nitrogens with zero attached hydrogens (tertiary/aromatic N) is 2. The molecule has 0 saturated carbocycles. The fourth-order valence-corrected chi connectivity index (χ4v) is 2.86. The molecule has 6 nitrogen and oxygen atoms in total. The number of nitrogens with one attached hydrogen (secondary N) is 2. The molecule has 0 aliphatic heterocycles. The van der Waals surface area contributed by atoms with Crippen molar-refractivity contribution in [2.24, 2.45) is 4.99 Å². The van der Waals surface area contributed by atoms with E-state index < -0.39 is 0 Å². The van der Waals surface area contributed by atoms with Gasteiger partial charge in [-0.3, -0.25) is 4.99 Å². The number of methoxy groups -OCH3 is 1. The van der Waals surface area contributed by atoms with E-state index in [1.807, 2.05) is 19.1 Å². The summed E-state index contributed by atoms with van der Waals surface area (Å²) in [4.78, 5) is 4.25. The van der Waals surface area contributed by atoms with Crippen LogP contribution in [0.15, 0.2) is 33.8 Å². The Morgan fingerprint density at radius 2 is 1.89 bits per heavy atom. The number of hydrogen-bond acceptors (Lipinski definition) is 4. The molecule has 0 fully saturated rings. The molecular formula is C20H31IN4O2. The first kappa shape index (κ1) is 23.3. The number of benzene rings is 1. The Kier molecular flexibility index (Phi) is 10.2. The third-order valence-corrected chi connectivity index (χ3v) is 4.57. The first-order chi connectivity index (χ1) is 12.6. The minimum atomic E-state index is 0. The molecule has 0 spiro atoms. The van der Waals surface area contributed by atoms with E-state index in [2.05, 4.69) is 46.8 Å². The van der Waals surface area contributed by atoms with Crippen LogP contribution in [-0.2, 0) is 13.1 Å². The summed E-state index contributed by atoms with van der Waals surface area (Å²) in [6.45, 7) is 7.58. The molecule has 1 heterocycles. The van der Waals surface area contributed by atoms with Crippen LogP contribution in [0.3, 0.4) is 0 Å². The lowest BCUT2D eigenvalue weighted by Crippen LogP contribution is -2.36. The smallest absolute Gasteiger partial charge is 0.191 e. The number of guanidine groups is 1. The van der Waals surface area contributed by atoms with Crippen LogP contribution in [0, 0.1) is 6.92 Å². The average molecular weight is 486 g/mol. The molecule has 7 heteroatoms. The van der Waals surface area contributed by atoms with Crippen molar-refractivity contribution in [1.29, 1.82) is 0 Å². The maximum absolute atomic E-state index is 5.44. The first-order valence-electron chi connectivity index (χ1n) is 9.14. The molecule has 0 unspecified atom stereocenters. The number of halogens is 1. The van der Waals surface area contributed by atoms with Crippen molar-refractivity contribution in [3.8, 4) is 5.75 Å². The number of aromatic nitrogens is 1. The van der Waals surface area contributed by atoms with E-state index in [1.165, 1.54) is 0 Å². The van der Waals surface area contributed by atoms with E-state index in [9.17, 15) is 0 Å². The lowest BCUT2D eigenvalue weighted by molar-refractivity contribution is 0.368. The van der Waals surface area contributed by atoms with E-state index in [0.29, 0.717) is 25.0 Å². The molecule has 2 aromatic rings. The fourth-order valence-electron chi connectivity index (χ4n) is 2.86. The van der Waals surface area contributed by atoms with E-state index in [1.54, 1.807) is 14.2 Å². The van der Waals surface area contributed by atoms with Crippen LogP contribution in [0.4, 0.5) is 0 Å². The molecule has 2 N–H and O–H groups in total. The zero-order chi connectivity index (χ0) is 18.9. The maximum Gasteiger partial charge on any atom is 0.191 e. The normalized spacial score (nSPS) is 11.3. The predicted octanol–water partition coefficient (Wildman–Crippen LogP) is 4.38. The molecule has 0 atom stereocenters. The van der Waals surface area contributed by atoms with Gasteiger partial charge in [0.25, 0.3) is 0 Å². The number of aliphatic imine (C=N–C) groups is 1. The van der Waals surface area contributed by atoms with Crippen LogP contribution in [0.25, 0.3) is 0 Å². The molecule has 1 aromatic carbocycles. The van der Waals surface area contributed by atoms with Crippen molar-refractivity contribution >= 4 is 29.9 Å². The number of aryl methyl sites for hydroxylation is 1. The van der Waals surface area contributed by atoms with Gasteiger partial charge in [-0.05, 0) is 37.0 Å². The van der Waals surface area contributed by atoms with Crippen molar-refractivity contribution in [1.82, 2.24) is 15.8 Å². The van der Waals surface area contributed by atoms with Crippen LogP contribution in [0.1, 0.15) is 55.2 Å². The molecule has 0 bridgehead atoms. The van der Waals surface area contributed by atoms with Gasteiger partial charge in [0.05, 0.1) is 19.3 Å². The summed E-state index contributed by atoms with van der Waals surface area (Å²) in [6.07, 6.45) is 2.14. The summed E-state index contributed by atoms with van der Waals surface area (Å²) in [6, 6.07) is 8.20. The van der Waals surface area contributed by atoms with Gasteiger partial charge in [-0.25, -0.2) is 0 Å². The second kappa shape index (κ2) is 11.8. The zero-order valence-corrected chi connectivity index (χ0v) is 19.2. The van der Waals surface area contributed by atoms with E-state index in [0.717, 1.165) is 41.2 Å². The monoisotopic (exact) mass is 486 g/mol. The molecule has 0 saturated heterocycles. The van der Waals surface area contributed by atoms with Gasteiger partial charge in [0.2, 0.25) is 0 Å². The molecule has 150 valence electrons. The number of hydrogen-bond donors (Lipinski definition) is 2. The van der Waals surface area contributed by atoms with Crippen LogP contribution in [0.2, 0.25) is 0 Å². The van der Waals surface area contributed by atoms with Gasteiger partial charge >= 0.3 is 0 Å². The Morgan fingerprint density at radius 1 is 1.19 bits per heavy atom. The summed E-state index contributed by atoms with van der Waals surface area (Å²) >= 11 is 0. The van der Waals surface area contributed by atoms with Crippen molar-refractivity contribution < 1.29 is 9.26 Å². The first-order valence-corrected chi connectivity index (χ1v) is 9.14. The highest BCUT2D eigenvalue weighted by atomic mass is 127. The maximum atomic E-state index is 5.44. The molecule has 2 rings (SSSR count). The second-order valence-electron chi connectivity index (χ2n) is 6.31. The Hall–Kier alpha value is -1.77. The highest BCUT2D eigenvalue weighted by molar-refractivity contribution is 14.0. The standard InChI is InChI=1S/C20H30N4O2.HI/c1-6-16(7-2)18-11-17(26-24-18)13-23-20(21-4)22-12-15-9-8-14(3)19(10-15)25-5;/h8-11,16H,6-7,12-13H2,1-5H3,(H2,21,22,23);1H. The van der Waals surface area contributed by atoms with Gasteiger partial charge in [-0.15, -0.1) is 24.0 Å². The third kappa shape index (κ3) is 6.71. The van der Waals surface area contributed by atoms with Crippen LogP contribution < -0.4 is 15.4 Å². The van der Waals surface area contributed by atoms with Crippen LogP contribution in [-0.4, -0.2) is 25.3 Å². The largest absolute Gasteiger partial charge is 0.496 e. The van der Waals surface area contributed by atoms with Gasteiger partial charge in [0.15, 0.2) is 11.7 Å². The highest BCUT2D eigenvalue weighted by Crippen LogP contribution is 2.22. The number of ether oxygens (including phenoxy) is 1. The van der Waals surface area contributed by atoms with E-state index in [-0.39, 0.29) is 24.0 Å². The van der Waals surface area contributed by atoms with Gasteiger partial charge in [-0.2, -0.15) is 0 Å². The third-order valence-electron chi connectivity index (χ3n) is 4.57. The predicted molar refractivity (Wildman–Crippen MR) is 120 cm³/mol. The SMILES string of the molecule is CCC(CC)c1cc(CNC(=NC)NCc2ccc(C)c(OC)c2)on1.I. The Labute approximate surface area is 179 Å². The minimum absolute atomic E-state index is 0. The molecule has 0 radical (unpaired) electrons. The Morgan fingerprint density at radius 3 is 2.52 bits per heavy atom. The zero-order valence-electron chi connectivity index (χ0n) is 16.8. The lowest BCUT2D eigenvalue weighted by atomic mass is 9.99. The molecule has 1 aromatic heterocycles. The summed E-state index contributed by atoms with van der Waals surface area (Å²) in [7, 11) is 3.44. The van der Waals surface area contributed by atoms with E-state index in [4.69, 9.17) is 9.26 Å². The van der Waals surface area contributed by atoms with Crippen molar-refractivity contribution in [3.05, 3.63) is 46.8 Å². The number of rotatable bonds is 8. The molecular weight excluding hydrogens is 455 g/mol. The molecule has 0 amide bonds. The molecule has 27 heavy (non-hydrogen) atoms. The average Bonchev–Trinajstić information content (AvgIpc) is 3.12. The van der Waals surface area contributed by atoms with E-state index >= 15 is 0 Å². The van der Waals surface area contributed by atoms with Gasteiger partial charge in [-0.1, -0.05) is 31.1 Å². The van der Waals surface area contributed by atoms with Gasteiger partial charge in [0, 0.05) is 25.6 Å². The lowest BCUT2D eigenvalue weighted by Gasteiger charge is -2.12. The van der Waals surface area contributed by atoms with Crippen molar-refractivity contribution in [3.63, 3.8) is 0 Å².